The molecule has 2 rings (SSSR count). The molecule has 0 heterocycles. The van der Waals surface area contributed by atoms with E-state index in [1.54, 1.807) is 0 Å². The van der Waals surface area contributed by atoms with Crippen molar-refractivity contribution < 1.29 is 9.47 Å². The van der Waals surface area contributed by atoms with Gasteiger partial charge in [0.05, 0.1) is 0 Å². The van der Waals surface area contributed by atoms with Crippen LogP contribution in [0.3, 0.4) is 0 Å². The minimum atomic E-state index is 0.510. The molecule has 112 valence electrons. The van der Waals surface area contributed by atoms with Crippen LogP contribution in [0.2, 0.25) is 0 Å². The van der Waals surface area contributed by atoms with Crippen molar-refractivity contribution in [1.29, 1.82) is 0 Å². The fraction of sp³-hybridized carbons (Fsp3) is 0.333. The average Bonchev–Trinajstić information content (AvgIpc) is 2.46. The summed E-state index contributed by atoms with van der Waals surface area (Å²) in [7, 11) is 0. The van der Waals surface area contributed by atoms with Crippen molar-refractivity contribution in [3.05, 3.63) is 52.6 Å². The molecule has 0 aromatic heterocycles. The van der Waals surface area contributed by atoms with Gasteiger partial charge in [-0.1, -0.05) is 12.1 Å². The molecule has 2 aromatic rings. The Hall–Kier alpha value is -2.16. The van der Waals surface area contributed by atoms with Gasteiger partial charge in [-0.25, -0.2) is 0 Å². The summed E-state index contributed by atoms with van der Waals surface area (Å²) in [4.78, 5) is 0. The van der Waals surface area contributed by atoms with Crippen LogP contribution in [0.1, 0.15) is 22.3 Å². The molecule has 3 nitrogen and oxygen atoms in total. The Morgan fingerprint density at radius 1 is 0.810 bits per heavy atom. The predicted molar refractivity (Wildman–Crippen MR) is 87.2 cm³/mol. The lowest BCUT2D eigenvalue weighted by Gasteiger charge is -2.14. The number of rotatable bonds is 5. The van der Waals surface area contributed by atoms with E-state index in [9.17, 15) is 0 Å². The highest BCUT2D eigenvalue weighted by Crippen LogP contribution is 2.25. The fourth-order valence-corrected chi connectivity index (χ4v) is 2.19. The summed E-state index contributed by atoms with van der Waals surface area (Å²) in [6.07, 6.45) is 0. The van der Waals surface area contributed by atoms with Crippen molar-refractivity contribution in [2.45, 2.75) is 27.7 Å². The quantitative estimate of drug-likeness (QED) is 0.668. The van der Waals surface area contributed by atoms with E-state index in [1.807, 2.05) is 25.1 Å². The maximum Gasteiger partial charge on any atom is 0.125 e. The summed E-state index contributed by atoms with van der Waals surface area (Å²) in [6, 6.07) is 9.89. The van der Waals surface area contributed by atoms with Gasteiger partial charge in [0.25, 0.3) is 0 Å². The molecule has 0 atom stereocenters. The molecule has 21 heavy (non-hydrogen) atoms. The van der Waals surface area contributed by atoms with Gasteiger partial charge in [0.1, 0.15) is 24.7 Å². The molecule has 0 saturated heterocycles. The molecule has 0 fully saturated rings. The number of nitrogens with two attached hydrogens (primary N) is 1. The van der Waals surface area contributed by atoms with Crippen molar-refractivity contribution in [2.24, 2.45) is 0 Å². The second kappa shape index (κ2) is 6.53. The fourth-order valence-electron chi connectivity index (χ4n) is 2.19. The molecule has 0 aliphatic rings. The second-order valence-electron chi connectivity index (χ2n) is 5.37. The average molecular weight is 285 g/mol. The highest BCUT2D eigenvalue weighted by atomic mass is 16.5. The van der Waals surface area contributed by atoms with Gasteiger partial charge in [0.15, 0.2) is 0 Å². The van der Waals surface area contributed by atoms with Crippen LogP contribution in [0.5, 0.6) is 11.5 Å². The van der Waals surface area contributed by atoms with Gasteiger partial charge >= 0.3 is 0 Å². The van der Waals surface area contributed by atoms with E-state index in [2.05, 4.69) is 32.9 Å². The van der Waals surface area contributed by atoms with Crippen molar-refractivity contribution >= 4 is 5.69 Å². The molecule has 0 unspecified atom stereocenters. The molecule has 0 aliphatic heterocycles. The number of hydrogen-bond donors (Lipinski definition) is 1. The number of benzene rings is 2. The van der Waals surface area contributed by atoms with Gasteiger partial charge in [0, 0.05) is 5.69 Å². The Bertz CT molecular complexity index is 635. The van der Waals surface area contributed by atoms with E-state index in [0.29, 0.717) is 13.2 Å². The maximum absolute atomic E-state index is 5.87. The first-order valence-electron chi connectivity index (χ1n) is 7.17. The zero-order valence-electron chi connectivity index (χ0n) is 13.2. The van der Waals surface area contributed by atoms with Crippen LogP contribution in [0.4, 0.5) is 5.69 Å². The van der Waals surface area contributed by atoms with Crippen molar-refractivity contribution in [2.75, 3.05) is 18.9 Å². The molecule has 0 spiro atoms. The van der Waals surface area contributed by atoms with Crippen LogP contribution in [0.15, 0.2) is 30.3 Å². The molecular weight excluding hydrogens is 262 g/mol. The third kappa shape index (κ3) is 3.69. The van der Waals surface area contributed by atoms with Gasteiger partial charge in [-0.15, -0.1) is 0 Å². The number of ether oxygens (including phenoxy) is 2. The summed E-state index contributed by atoms with van der Waals surface area (Å²) in [5.41, 5.74) is 11.2. The zero-order chi connectivity index (χ0) is 15.4. The Morgan fingerprint density at radius 3 is 2.19 bits per heavy atom. The molecule has 2 aromatic carbocycles. The van der Waals surface area contributed by atoms with Crippen LogP contribution in [0, 0.1) is 27.7 Å². The summed E-state index contributed by atoms with van der Waals surface area (Å²) in [5.74, 6) is 1.79. The lowest BCUT2D eigenvalue weighted by molar-refractivity contribution is 0.215. The molecular formula is C18H23NO2. The lowest BCUT2D eigenvalue weighted by atomic mass is 10.1. The van der Waals surface area contributed by atoms with E-state index in [1.165, 1.54) is 11.1 Å². The smallest absolute Gasteiger partial charge is 0.125 e. The van der Waals surface area contributed by atoms with E-state index >= 15 is 0 Å². The molecule has 0 bridgehead atoms. The van der Waals surface area contributed by atoms with Crippen molar-refractivity contribution in [3.8, 4) is 11.5 Å². The van der Waals surface area contributed by atoms with E-state index in [-0.39, 0.29) is 0 Å². The number of hydrogen-bond acceptors (Lipinski definition) is 3. The lowest BCUT2D eigenvalue weighted by Crippen LogP contribution is -2.10. The number of aryl methyl sites for hydroxylation is 3. The molecule has 0 saturated carbocycles. The Kier molecular flexibility index (Phi) is 4.73. The van der Waals surface area contributed by atoms with Gasteiger partial charge in [-0.2, -0.15) is 0 Å². The van der Waals surface area contributed by atoms with E-state index in [4.69, 9.17) is 15.2 Å². The Balaban J connectivity index is 1.90. The highest BCUT2D eigenvalue weighted by molar-refractivity contribution is 5.49. The molecule has 2 N–H and O–H groups in total. The minimum absolute atomic E-state index is 0.510. The predicted octanol–water partition coefficient (Wildman–Crippen LogP) is 3.96. The molecule has 0 radical (unpaired) electrons. The third-order valence-electron chi connectivity index (χ3n) is 3.71. The SMILES string of the molecule is Cc1cc(OCCOc2c(C)ccc(C)c2C)ccc1N. The van der Waals surface area contributed by atoms with Crippen molar-refractivity contribution in [3.63, 3.8) is 0 Å². The van der Waals surface area contributed by atoms with Gasteiger partial charge in [0.2, 0.25) is 0 Å². The highest BCUT2D eigenvalue weighted by Gasteiger charge is 2.06. The van der Waals surface area contributed by atoms with Crippen LogP contribution in [-0.4, -0.2) is 13.2 Å². The largest absolute Gasteiger partial charge is 0.490 e. The van der Waals surface area contributed by atoms with Gasteiger partial charge < -0.3 is 15.2 Å². The first kappa shape index (κ1) is 15.2. The van der Waals surface area contributed by atoms with Crippen LogP contribution >= 0.6 is 0 Å². The van der Waals surface area contributed by atoms with Gasteiger partial charge in [-0.3, -0.25) is 0 Å². The minimum Gasteiger partial charge on any atom is -0.490 e. The van der Waals surface area contributed by atoms with Crippen LogP contribution in [-0.2, 0) is 0 Å². The molecule has 0 amide bonds. The second-order valence-corrected chi connectivity index (χ2v) is 5.37. The van der Waals surface area contributed by atoms with Crippen LogP contribution in [0.25, 0.3) is 0 Å². The summed E-state index contributed by atoms with van der Waals surface area (Å²) in [5, 5.41) is 0. The number of anilines is 1. The van der Waals surface area contributed by atoms with Gasteiger partial charge in [-0.05, 0) is 68.1 Å². The third-order valence-corrected chi connectivity index (χ3v) is 3.71. The first-order valence-corrected chi connectivity index (χ1v) is 7.17. The normalized spacial score (nSPS) is 10.5. The topological polar surface area (TPSA) is 44.5 Å². The van der Waals surface area contributed by atoms with E-state index in [0.717, 1.165) is 28.3 Å². The number of nitrogen functional groups attached to an aromatic ring is 1. The van der Waals surface area contributed by atoms with Crippen molar-refractivity contribution in [1.82, 2.24) is 0 Å². The molecule has 0 aliphatic carbocycles. The Morgan fingerprint density at radius 2 is 1.48 bits per heavy atom. The summed E-state index contributed by atoms with van der Waals surface area (Å²) < 4.78 is 11.6. The van der Waals surface area contributed by atoms with E-state index < -0.39 is 0 Å². The zero-order valence-corrected chi connectivity index (χ0v) is 13.2. The summed E-state index contributed by atoms with van der Waals surface area (Å²) in [6.45, 7) is 9.24. The summed E-state index contributed by atoms with van der Waals surface area (Å²) >= 11 is 0. The van der Waals surface area contributed by atoms with Crippen LogP contribution < -0.4 is 15.2 Å². The Labute approximate surface area is 126 Å². The monoisotopic (exact) mass is 285 g/mol. The molecule has 3 heteroatoms. The maximum atomic E-state index is 5.87. The standard InChI is InChI=1S/C18H23NO2/c1-12-5-6-13(2)18(15(12)4)21-10-9-20-16-7-8-17(19)14(3)11-16/h5-8,11H,9-10,19H2,1-4H3. The first-order chi connectivity index (χ1) is 9.99.